The molecule has 1 saturated heterocycles. The van der Waals surface area contributed by atoms with Gasteiger partial charge in [-0.2, -0.15) is 0 Å². The molecule has 21 heavy (non-hydrogen) atoms. The molecule has 116 valence electrons. The Bertz CT molecular complexity index is 522. The van der Waals surface area contributed by atoms with E-state index in [2.05, 4.69) is 5.32 Å². The first-order valence-corrected chi connectivity index (χ1v) is 7.42. The molecule has 0 aliphatic carbocycles. The third kappa shape index (κ3) is 4.33. The topological polar surface area (TPSA) is 61.8 Å². The first kappa shape index (κ1) is 16.1. The standard InChI is InChI=1S/C15H21ClN2O3/c1-10-6-13(14(21-2)7-12(10)16)17-15(20)9-18-5-3-4-11(19)8-18/h6-7,11,19H,3-5,8-9H2,1-2H3,(H,17,20)/t11-/m0/s1. The molecule has 1 amide bonds. The van der Waals surface area contributed by atoms with Gasteiger partial charge in [0.05, 0.1) is 25.4 Å². The number of amides is 1. The molecule has 1 atom stereocenters. The number of benzene rings is 1. The molecule has 0 saturated carbocycles. The summed E-state index contributed by atoms with van der Waals surface area (Å²) in [4.78, 5) is 14.1. The number of likely N-dealkylation sites (tertiary alicyclic amines) is 1. The number of hydrogen-bond donors (Lipinski definition) is 2. The summed E-state index contributed by atoms with van der Waals surface area (Å²) < 4.78 is 5.24. The van der Waals surface area contributed by atoms with Crippen LogP contribution >= 0.6 is 11.6 Å². The maximum Gasteiger partial charge on any atom is 0.238 e. The molecule has 1 fully saturated rings. The maximum atomic E-state index is 12.1. The lowest BCUT2D eigenvalue weighted by Gasteiger charge is -2.29. The number of nitrogens with zero attached hydrogens (tertiary/aromatic N) is 1. The molecule has 6 heteroatoms. The van der Waals surface area contributed by atoms with Crippen LogP contribution in [0.1, 0.15) is 18.4 Å². The quantitative estimate of drug-likeness (QED) is 0.893. The highest BCUT2D eigenvalue weighted by molar-refractivity contribution is 6.31. The Morgan fingerprint density at radius 1 is 1.57 bits per heavy atom. The first-order chi connectivity index (χ1) is 9.99. The van der Waals surface area contributed by atoms with Crippen molar-refractivity contribution in [2.45, 2.75) is 25.9 Å². The molecule has 1 aromatic rings. The smallest absolute Gasteiger partial charge is 0.238 e. The summed E-state index contributed by atoms with van der Waals surface area (Å²) in [6, 6.07) is 3.49. The van der Waals surface area contributed by atoms with Gasteiger partial charge < -0.3 is 15.2 Å². The number of aliphatic hydroxyl groups excluding tert-OH is 1. The van der Waals surface area contributed by atoms with E-state index in [1.165, 1.54) is 7.11 Å². The van der Waals surface area contributed by atoms with Crippen LogP contribution in [0.5, 0.6) is 5.75 Å². The van der Waals surface area contributed by atoms with E-state index < -0.39 is 0 Å². The summed E-state index contributed by atoms with van der Waals surface area (Å²) in [6.45, 7) is 3.52. The van der Waals surface area contributed by atoms with Gasteiger partial charge in [-0.3, -0.25) is 9.69 Å². The average Bonchev–Trinajstić information content (AvgIpc) is 2.42. The van der Waals surface area contributed by atoms with Crippen molar-refractivity contribution in [3.05, 3.63) is 22.7 Å². The van der Waals surface area contributed by atoms with Gasteiger partial charge in [0, 0.05) is 17.6 Å². The van der Waals surface area contributed by atoms with Gasteiger partial charge in [-0.15, -0.1) is 0 Å². The highest BCUT2D eigenvalue weighted by atomic mass is 35.5. The number of rotatable bonds is 4. The van der Waals surface area contributed by atoms with Crippen molar-refractivity contribution in [1.29, 1.82) is 0 Å². The van der Waals surface area contributed by atoms with Gasteiger partial charge in [0.2, 0.25) is 5.91 Å². The Kier molecular flexibility index (Phi) is 5.45. The predicted octanol–water partition coefficient (Wildman–Crippen LogP) is 2.05. The zero-order chi connectivity index (χ0) is 15.4. The van der Waals surface area contributed by atoms with Crippen LogP contribution in [-0.4, -0.2) is 48.8 Å². The van der Waals surface area contributed by atoms with Gasteiger partial charge >= 0.3 is 0 Å². The summed E-state index contributed by atoms with van der Waals surface area (Å²) in [6.07, 6.45) is 1.39. The lowest BCUT2D eigenvalue weighted by atomic mass is 10.1. The summed E-state index contributed by atoms with van der Waals surface area (Å²) >= 11 is 6.04. The minimum absolute atomic E-state index is 0.121. The van der Waals surface area contributed by atoms with Crippen LogP contribution in [-0.2, 0) is 4.79 Å². The van der Waals surface area contributed by atoms with Crippen molar-refractivity contribution in [2.75, 3.05) is 32.1 Å². The maximum absolute atomic E-state index is 12.1. The normalized spacial score (nSPS) is 19.3. The molecule has 1 heterocycles. The number of methoxy groups -OCH3 is 1. The van der Waals surface area contributed by atoms with Crippen molar-refractivity contribution >= 4 is 23.2 Å². The minimum atomic E-state index is -0.334. The van der Waals surface area contributed by atoms with Crippen LogP contribution in [0.15, 0.2) is 12.1 Å². The third-order valence-corrected chi connectivity index (χ3v) is 4.01. The van der Waals surface area contributed by atoms with Crippen LogP contribution in [0.3, 0.4) is 0 Å². The van der Waals surface area contributed by atoms with Crippen LogP contribution < -0.4 is 10.1 Å². The Morgan fingerprint density at radius 3 is 3.00 bits per heavy atom. The second-order valence-electron chi connectivity index (χ2n) is 5.38. The number of carbonyl (C=O) groups is 1. The Labute approximate surface area is 129 Å². The Balaban J connectivity index is 2.00. The predicted molar refractivity (Wildman–Crippen MR) is 83.1 cm³/mol. The fraction of sp³-hybridized carbons (Fsp3) is 0.533. The molecule has 1 aliphatic heterocycles. The number of carbonyl (C=O) groups excluding carboxylic acids is 1. The molecular formula is C15H21ClN2O3. The van der Waals surface area contributed by atoms with Gasteiger partial charge in [-0.05, 0) is 37.9 Å². The lowest BCUT2D eigenvalue weighted by molar-refractivity contribution is -0.118. The Morgan fingerprint density at radius 2 is 2.33 bits per heavy atom. The number of aliphatic hydroxyl groups is 1. The zero-order valence-electron chi connectivity index (χ0n) is 12.4. The van der Waals surface area contributed by atoms with Crippen LogP contribution in [0.4, 0.5) is 5.69 Å². The van der Waals surface area contributed by atoms with Gasteiger partial charge in [0.15, 0.2) is 0 Å². The largest absolute Gasteiger partial charge is 0.495 e. The van der Waals surface area contributed by atoms with E-state index in [1.807, 2.05) is 11.8 Å². The highest BCUT2D eigenvalue weighted by Gasteiger charge is 2.20. The van der Waals surface area contributed by atoms with Crippen molar-refractivity contribution in [3.8, 4) is 5.75 Å². The van der Waals surface area contributed by atoms with Gasteiger partial charge in [-0.25, -0.2) is 0 Å². The van der Waals surface area contributed by atoms with Gasteiger partial charge in [0.25, 0.3) is 0 Å². The van der Waals surface area contributed by atoms with Crippen LogP contribution in [0.25, 0.3) is 0 Å². The van der Waals surface area contributed by atoms with Crippen molar-refractivity contribution < 1.29 is 14.6 Å². The number of aryl methyl sites for hydroxylation is 1. The van der Waals surface area contributed by atoms with E-state index in [-0.39, 0.29) is 18.6 Å². The lowest BCUT2D eigenvalue weighted by Crippen LogP contribution is -2.42. The molecule has 5 nitrogen and oxygen atoms in total. The molecule has 0 aromatic heterocycles. The number of halogens is 1. The van der Waals surface area contributed by atoms with Crippen molar-refractivity contribution in [3.63, 3.8) is 0 Å². The van der Waals surface area contributed by atoms with E-state index >= 15 is 0 Å². The number of nitrogens with one attached hydrogen (secondary N) is 1. The van der Waals surface area contributed by atoms with Crippen LogP contribution in [0, 0.1) is 6.92 Å². The molecule has 0 bridgehead atoms. The summed E-state index contributed by atoms with van der Waals surface area (Å²) in [5, 5.41) is 13.1. The Hall–Kier alpha value is -1.30. The fourth-order valence-corrected chi connectivity index (χ4v) is 2.65. The first-order valence-electron chi connectivity index (χ1n) is 7.04. The van der Waals surface area contributed by atoms with Gasteiger partial charge in [-0.1, -0.05) is 11.6 Å². The number of piperidine rings is 1. The van der Waals surface area contributed by atoms with E-state index in [0.29, 0.717) is 23.0 Å². The summed E-state index contributed by atoms with van der Waals surface area (Å²) in [5.74, 6) is 0.418. The minimum Gasteiger partial charge on any atom is -0.495 e. The molecule has 1 aromatic carbocycles. The molecular weight excluding hydrogens is 292 g/mol. The van der Waals surface area contributed by atoms with Crippen LogP contribution in [0.2, 0.25) is 5.02 Å². The monoisotopic (exact) mass is 312 g/mol. The molecule has 0 unspecified atom stereocenters. The third-order valence-electron chi connectivity index (χ3n) is 3.60. The second-order valence-corrected chi connectivity index (χ2v) is 5.79. The molecule has 0 radical (unpaired) electrons. The molecule has 2 rings (SSSR count). The summed E-state index contributed by atoms with van der Waals surface area (Å²) in [5.41, 5.74) is 1.49. The number of ether oxygens (including phenoxy) is 1. The van der Waals surface area contributed by atoms with Crippen molar-refractivity contribution in [1.82, 2.24) is 4.90 Å². The highest BCUT2D eigenvalue weighted by Crippen LogP contribution is 2.30. The molecule has 2 N–H and O–H groups in total. The number of β-amino-alcohol motifs (C(OH)–C–C–N with tert-alkyl or cyclic N) is 1. The van der Waals surface area contributed by atoms with E-state index in [1.54, 1.807) is 12.1 Å². The summed E-state index contributed by atoms with van der Waals surface area (Å²) in [7, 11) is 1.54. The molecule has 1 aliphatic rings. The molecule has 0 spiro atoms. The van der Waals surface area contributed by atoms with Crippen molar-refractivity contribution in [2.24, 2.45) is 0 Å². The average molecular weight is 313 g/mol. The fourth-order valence-electron chi connectivity index (χ4n) is 2.50. The van der Waals surface area contributed by atoms with Gasteiger partial charge in [0.1, 0.15) is 5.75 Å². The second kappa shape index (κ2) is 7.11. The van der Waals surface area contributed by atoms with E-state index in [0.717, 1.165) is 24.9 Å². The number of hydrogen-bond acceptors (Lipinski definition) is 4. The van der Waals surface area contributed by atoms with E-state index in [4.69, 9.17) is 16.3 Å². The number of anilines is 1. The zero-order valence-corrected chi connectivity index (χ0v) is 13.1. The van der Waals surface area contributed by atoms with E-state index in [9.17, 15) is 9.90 Å². The SMILES string of the molecule is COc1cc(Cl)c(C)cc1NC(=O)CN1CCC[C@H](O)C1.